The minimum absolute atomic E-state index is 1.10. The van der Waals surface area contributed by atoms with Crippen LogP contribution in [0.25, 0.3) is 80.7 Å². The Labute approximate surface area is 323 Å². The number of fused-ring (bicyclic) bond motifs is 7. The maximum atomic E-state index is 2.41. The minimum atomic E-state index is 1.10. The third kappa shape index (κ3) is 5.32. The van der Waals surface area contributed by atoms with Crippen molar-refractivity contribution in [3.05, 3.63) is 206 Å². The summed E-state index contributed by atoms with van der Waals surface area (Å²) in [6.07, 6.45) is 0. The predicted octanol–water partition coefficient (Wildman–Crippen LogP) is 15.1. The van der Waals surface area contributed by atoms with E-state index in [4.69, 9.17) is 0 Å². The highest BCUT2D eigenvalue weighted by molar-refractivity contribution is 7.26. The third-order valence-corrected chi connectivity index (χ3v) is 12.2. The van der Waals surface area contributed by atoms with Gasteiger partial charge in [0.1, 0.15) is 0 Å². The number of aromatic nitrogens is 1. The molecule has 2 heterocycles. The average molecular weight is 719 g/mol. The molecule has 258 valence electrons. The molecule has 0 amide bonds. The molecule has 9 aromatic carbocycles. The zero-order valence-corrected chi connectivity index (χ0v) is 30.7. The van der Waals surface area contributed by atoms with Gasteiger partial charge < -0.3 is 9.47 Å². The maximum absolute atomic E-state index is 2.41. The summed E-state index contributed by atoms with van der Waals surface area (Å²) in [5.41, 5.74) is 11.7. The topological polar surface area (TPSA) is 8.17 Å². The smallest absolute Gasteiger partial charge is 0.0547 e. The fourth-order valence-corrected chi connectivity index (χ4v) is 9.59. The SMILES string of the molecule is c1ccc(-c2cccc(N(c3ccc(-c4cccc5c4sc4ccccc45)cc3)c3ccc(-n4c5ccccc5c5cc6ccccc6cc54)cc3)c2)cc1. The van der Waals surface area contributed by atoms with Crippen molar-refractivity contribution < 1.29 is 0 Å². The van der Waals surface area contributed by atoms with E-state index in [1.54, 1.807) is 0 Å². The van der Waals surface area contributed by atoms with Crippen molar-refractivity contribution in [1.29, 1.82) is 0 Å². The van der Waals surface area contributed by atoms with Crippen LogP contribution in [0.15, 0.2) is 206 Å². The molecule has 0 fully saturated rings. The van der Waals surface area contributed by atoms with Crippen LogP contribution >= 0.6 is 11.3 Å². The molecule has 2 aromatic heterocycles. The van der Waals surface area contributed by atoms with E-state index < -0.39 is 0 Å². The molecule has 0 radical (unpaired) electrons. The molecule has 0 saturated heterocycles. The maximum Gasteiger partial charge on any atom is 0.0547 e. The molecule has 0 bridgehead atoms. The third-order valence-electron chi connectivity index (χ3n) is 11.0. The van der Waals surface area contributed by atoms with E-state index in [9.17, 15) is 0 Å². The first kappa shape index (κ1) is 31.6. The van der Waals surface area contributed by atoms with Crippen LogP contribution in [0, 0.1) is 0 Å². The lowest BCUT2D eigenvalue weighted by Gasteiger charge is -2.26. The molecular weight excluding hydrogens is 685 g/mol. The van der Waals surface area contributed by atoms with Gasteiger partial charge in [-0.2, -0.15) is 0 Å². The molecule has 3 heteroatoms. The highest BCUT2D eigenvalue weighted by atomic mass is 32.1. The molecule has 0 unspecified atom stereocenters. The number of anilines is 3. The van der Waals surface area contributed by atoms with Crippen LogP contribution in [0.1, 0.15) is 0 Å². The summed E-state index contributed by atoms with van der Waals surface area (Å²) < 4.78 is 5.06. The van der Waals surface area contributed by atoms with Crippen molar-refractivity contribution in [2.45, 2.75) is 0 Å². The number of hydrogen-bond donors (Lipinski definition) is 0. The summed E-state index contributed by atoms with van der Waals surface area (Å²) in [7, 11) is 0. The Morgan fingerprint density at radius 3 is 1.82 bits per heavy atom. The van der Waals surface area contributed by atoms with E-state index in [2.05, 4.69) is 216 Å². The van der Waals surface area contributed by atoms with Crippen LogP contribution in [0.2, 0.25) is 0 Å². The van der Waals surface area contributed by atoms with Crippen molar-refractivity contribution in [1.82, 2.24) is 4.57 Å². The van der Waals surface area contributed by atoms with Crippen LogP contribution in [0.3, 0.4) is 0 Å². The van der Waals surface area contributed by atoms with Gasteiger partial charge >= 0.3 is 0 Å². The molecule has 55 heavy (non-hydrogen) atoms. The Hall–Kier alpha value is -6.94. The van der Waals surface area contributed by atoms with Crippen molar-refractivity contribution in [3.63, 3.8) is 0 Å². The van der Waals surface area contributed by atoms with Gasteiger partial charge in [-0.1, -0.05) is 133 Å². The molecule has 0 aliphatic heterocycles. The number of hydrogen-bond acceptors (Lipinski definition) is 2. The molecule has 0 aliphatic carbocycles. The second-order valence-electron chi connectivity index (χ2n) is 14.2. The van der Waals surface area contributed by atoms with Crippen molar-refractivity contribution in [2.24, 2.45) is 0 Å². The average Bonchev–Trinajstić information content (AvgIpc) is 3.79. The van der Waals surface area contributed by atoms with Gasteiger partial charge in [0, 0.05) is 53.7 Å². The highest BCUT2D eigenvalue weighted by Gasteiger charge is 2.18. The quantitative estimate of drug-likeness (QED) is 0.166. The predicted molar refractivity (Wildman–Crippen MR) is 237 cm³/mol. The Bertz CT molecular complexity index is 3190. The van der Waals surface area contributed by atoms with Crippen molar-refractivity contribution >= 4 is 81.1 Å². The van der Waals surface area contributed by atoms with Crippen molar-refractivity contribution in [3.8, 4) is 27.9 Å². The van der Waals surface area contributed by atoms with Gasteiger partial charge in [0.15, 0.2) is 0 Å². The normalized spacial score (nSPS) is 11.6. The Balaban J connectivity index is 1.04. The van der Waals surface area contributed by atoms with E-state index in [1.807, 2.05) is 11.3 Å². The summed E-state index contributed by atoms with van der Waals surface area (Å²) in [4.78, 5) is 2.37. The molecule has 0 aliphatic rings. The molecule has 0 atom stereocenters. The van der Waals surface area contributed by atoms with Crippen LogP contribution < -0.4 is 4.90 Å². The molecular formula is C52H34N2S. The van der Waals surface area contributed by atoms with Gasteiger partial charge in [-0.25, -0.2) is 0 Å². The zero-order chi connectivity index (χ0) is 36.3. The van der Waals surface area contributed by atoms with E-state index in [0.717, 1.165) is 22.7 Å². The Morgan fingerprint density at radius 2 is 1.00 bits per heavy atom. The fraction of sp³-hybridized carbons (Fsp3) is 0. The van der Waals surface area contributed by atoms with Gasteiger partial charge in [0.25, 0.3) is 0 Å². The zero-order valence-electron chi connectivity index (χ0n) is 29.9. The van der Waals surface area contributed by atoms with Gasteiger partial charge in [-0.3, -0.25) is 0 Å². The highest BCUT2D eigenvalue weighted by Crippen LogP contribution is 2.42. The summed E-state index contributed by atoms with van der Waals surface area (Å²) in [6.45, 7) is 0. The first-order chi connectivity index (χ1) is 27.3. The first-order valence-electron chi connectivity index (χ1n) is 18.8. The lowest BCUT2D eigenvalue weighted by Crippen LogP contribution is -2.10. The van der Waals surface area contributed by atoms with Crippen LogP contribution in [-0.2, 0) is 0 Å². The molecule has 0 saturated carbocycles. The van der Waals surface area contributed by atoms with Crippen LogP contribution in [0.5, 0.6) is 0 Å². The largest absolute Gasteiger partial charge is 0.310 e. The number of rotatable bonds is 6. The summed E-state index contributed by atoms with van der Waals surface area (Å²) in [6, 6.07) is 75.1. The molecule has 11 rings (SSSR count). The lowest BCUT2D eigenvalue weighted by atomic mass is 10.0. The first-order valence-corrected chi connectivity index (χ1v) is 19.6. The van der Waals surface area contributed by atoms with Crippen LogP contribution in [0.4, 0.5) is 17.1 Å². The van der Waals surface area contributed by atoms with Gasteiger partial charge in [0.05, 0.1) is 11.0 Å². The van der Waals surface area contributed by atoms with E-state index in [0.29, 0.717) is 0 Å². The number of nitrogens with zero attached hydrogens (tertiary/aromatic N) is 2. The van der Waals surface area contributed by atoms with Gasteiger partial charge in [-0.15, -0.1) is 11.3 Å². The lowest BCUT2D eigenvalue weighted by molar-refractivity contribution is 1.17. The fourth-order valence-electron chi connectivity index (χ4n) is 8.35. The summed E-state index contributed by atoms with van der Waals surface area (Å²) in [5.74, 6) is 0. The molecule has 0 spiro atoms. The summed E-state index contributed by atoms with van der Waals surface area (Å²) in [5, 5.41) is 7.67. The second kappa shape index (κ2) is 12.9. The molecule has 2 nitrogen and oxygen atoms in total. The van der Waals surface area contributed by atoms with E-state index in [1.165, 1.54) is 75.0 Å². The standard InChI is InChI=1S/C52H34N2S/c1-2-12-35(13-3-1)37-16-10-17-43(32-37)53(40-26-24-36(25-27-40)44-20-11-21-47-46-19-7-9-23-51(46)55-52(44)47)41-28-30-42(31-29-41)54-49-22-8-6-18-45(49)48-33-38-14-4-5-15-39(38)34-50(48)54/h1-34H. The monoisotopic (exact) mass is 718 g/mol. The number of thiophene rings is 1. The van der Waals surface area contributed by atoms with Crippen LogP contribution in [-0.4, -0.2) is 4.57 Å². The van der Waals surface area contributed by atoms with E-state index >= 15 is 0 Å². The Morgan fingerprint density at radius 1 is 0.364 bits per heavy atom. The van der Waals surface area contributed by atoms with Gasteiger partial charge in [0.2, 0.25) is 0 Å². The molecule has 0 N–H and O–H groups in total. The Kier molecular flexibility index (Phi) is 7.39. The molecule has 11 aromatic rings. The van der Waals surface area contributed by atoms with Gasteiger partial charge in [-0.05, 0) is 106 Å². The summed E-state index contributed by atoms with van der Waals surface area (Å²) >= 11 is 1.88. The minimum Gasteiger partial charge on any atom is -0.310 e. The number of para-hydroxylation sites is 1. The second-order valence-corrected chi connectivity index (χ2v) is 15.2. The number of benzene rings is 9. The van der Waals surface area contributed by atoms with Crippen molar-refractivity contribution in [2.75, 3.05) is 4.90 Å². The van der Waals surface area contributed by atoms with E-state index in [-0.39, 0.29) is 0 Å².